The fraction of sp³-hybridized carbons (Fsp3) is 1.00. The Kier molecular flexibility index (Phi) is 3.59. The highest BCUT2D eigenvalue weighted by Crippen LogP contribution is 2.36. The minimum Gasteiger partial charge on any atom is -0.352 e. The molecule has 0 bridgehead atoms. The first-order valence-corrected chi connectivity index (χ1v) is 5.61. The summed E-state index contributed by atoms with van der Waals surface area (Å²) < 4.78 is 11.7. The van der Waals surface area contributed by atoms with Crippen molar-refractivity contribution >= 4 is 0 Å². The van der Waals surface area contributed by atoms with Crippen molar-refractivity contribution in [3.8, 4) is 0 Å². The lowest BCUT2D eigenvalue weighted by Gasteiger charge is -2.45. The average molecular weight is 200 g/mol. The van der Waals surface area contributed by atoms with Gasteiger partial charge < -0.3 is 9.47 Å². The van der Waals surface area contributed by atoms with Crippen molar-refractivity contribution in [1.29, 1.82) is 0 Å². The van der Waals surface area contributed by atoms with E-state index < -0.39 is 0 Å². The minimum atomic E-state index is -0.0181. The molecule has 0 aromatic heterocycles. The fourth-order valence-electron chi connectivity index (χ4n) is 2.16. The van der Waals surface area contributed by atoms with Crippen LogP contribution in [0.3, 0.4) is 0 Å². The Bertz CT molecular complexity index is 185. The van der Waals surface area contributed by atoms with Gasteiger partial charge in [-0.1, -0.05) is 41.5 Å². The van der Waals surface area contributed by atoms with Gasteiger partial charge in [-0.05, 0) is 5.92 Å². The summed E-state index contributed by atoms with van der Waals surface area (Å²) in [6.45, 7) is 14.0. The monoisotopic (exact) mass is 200 g/mol. The molecule has 2 atom stereocenters. The molecule has 2 heteroatoms. The van der Waals surface area contributed by atoms with Gasteiger partial charge in [0.15, 0.2) is 6.29 Å². The van der Waals surface area contributed by atoms with Crippen molar-refractivity contribution in [2.24, 2.45) is 17.3 Å². The van der Waals surface area contributed by atoms with E-state index in [2.05, 4.69) is 41.5 Å². The van der Waals surface area contributed by atoms with Gasteiger partial charge >= 0.3 is 0 Å². The zero-order valence-corrected chi connectivity index (χ0v) is 10.3. The van der Waals surface area contributed by atoms with E-state index in [9.17, 15) is 0 Å². The van der Waals surface area contributed by atoms with E-state index in [1.165, 1.54) is 0 Å². The first-order chi connectivity index (χ1) is 6.34. The van der Waals surface area contributed by atoms with Crippen LogP contribution < -0.4 is 0 Å². The Hall–Kier alpha value is -0.0800. The normalized spacial score (nSPS) is 32.6. The van der Waals surface area contributed by atoms with E-state index in [-0.39, 0.29) is 11.7 Å². The molecule has 0 saturated carbocycles. The molecule has 84 valence electrons. The summed E-state index contributed by atoms with van der Waals surface area (Å²) in [5.74, 6) is 0.988. The maximum Gasteiger partial charge on any atom is 0.160 e. The van der Waals surface area contributed by atoms with Gasteiger partial charge in [0.25, 0.3) is 0 Å². The van der Waals surface area contributed by atoms with Gasteiger partial charge in [0.05, 0.1) is 12.7 Å². The molecule has 0 aliphatic carbocycles. The van der Waals surface area contributed by atoms with Gasteiger partial charge in [-0.3, -0.25) is 0 Å². The molecule has 0 N–H and O–H groups in total. The van der Waals surface area contributed by atoms with Crippen molar-refractivity contribution < 1.29 is 9.47 Å². The molecule has 1 saturated heterocycles. The van der Waals surface area contributed by atoms with Crippen molar-refractivity contribution in [3.63, 3.8) is 0 Å². The Morgan fingerprint density at radius 1 is 1.07 bits per heavy atom. The largest absolute Gasteiger partial charge is 0.352 e. The van der Waals surface area contributed by atoms with Crippen molar-refractivity contribution in [3.05, 3.63) is 0 Å². The van der Waals surface area contributed by atoms with E-state index in [4.69, 9.17) is 9.47 Å². The maximum absolute atomic E-state index is 6.00. The molecule has 0 aromatic rings. The van der Waals surface area contributed by atoms with Gasteiger partial charge in [-0.25, -0.2) is 0 Å². The minimum absolute atomic E-state index is 0.0181. The van der Waals surface area contributed by atoms with Gasteiger partial charge in [0, 0.05) is 11.3 Å². The van der Waals surface area contributed by atoms with E-state index in [0.29, 0.717) is 17.9 Å². The molecule has 1 heterocycles. The second-order valence-corrected chi connectivity index (χ2v) is 5.71. The SMILES string of the molecule is CC(C)C1OCC(C)(C)C(C(C)C)O1. The number of ether oxygens (including phenoxy) is 2. The second kappa shape index (κ2) is 4.19. The topological polar surface area (TPSA) is 18.5 Å². The van der Waals surface area contributed by atoms with Crippen LogP contribution in [-0.4, -0.2) is 19.0 Å². The molecular weight excluding hydrogens is 176 g/mol. The highest BCUT2D eigenvalue weighted by molar-refractivity contribution is 4.85. The lowest BCUT2D eigenvalue weighted by Crippen LogP contribution is -2.49. The lowest BCUT2D eigenvalue weighted by molar-refractivity contribution is -0.283. The van der Waals surface area contributed by atoms with E-state index in [1.807, 2.05) is 0 Å². The van der Waals surface area contributed by atoms with Crippen molar-refractivity contribution in [1.82, 2.24) is 0 Å². The van der Waals surface area contributed by atoms with Crippen LogP contribution in [0.2, 0.25) is 0 Å². The highest BCUT2D eigenvalue weighted by Gasteiger charge is 2.40. The van der Waals surface area contributed by atoms with Gasteiger partial charge in [0.1, 0.15) is 0 Å². The molecule has 0 aromatic carbocycles. The third-order valence-corrected chi connectivity index (χ3v) is 2.82. The zero-order valence-electron chi connectivity index (χ0n) is 10.3. The smallest absolute Gasteiger partial charge is 0.160 e. The van der Waals surface area contributed by atoms with E-state index in [0.717, 1.165) is 6.61 Å². The van der Waals surface area contributed by atoms with Crippen LogP contribution in [0, 0.1) is 17.3 Å². The third-order valence-electron chi connectivity index (χ3n) is 2.82. The van der Waals surface area contributed by atoms with E-state index in [1.54, 1.807) is 0 Å². The van der Waals surface area contributed by atoms with Crippen LogP contribution in [0.15, 0.2) is 0 Å². The molecule has 1 aliphatic heterocycles. The summed E-state index contributed by atoms with van der Waals surface area (Å²) in [5.41, 5.74) is 0.138. The molecule has 1 fully saturated rings. The zero-order chi connectivity index (χ0) is 10.9. The summed E-state index contributed by atoms with van der Waals surface area (Å²) in [7, 11) is 0. The first-order valence-electron chi connectivity index (χ1n) is 5.61. The van der Waals surface area contributed by atoms with Crippen LogP contribution in [0.25, 0.3) is 0 Å². The Labute approximate surface area is 88.0 Å². The van der Waals surface area contributed by atoms with Crippen LogP contribution in [0.1, 0.15) is 41.5 Å². The summed E-state index contributed by atoms with van der Waals surface area (Å²) in [4.78, 5) is 0. The molecule has 14 heavy (non-hydrogen) atoms. The molecular formula is C12H24O2. The molecule has 1 aliphatic rings. The average Bonchev–Trinajstić information content (AvgIpc) is 2.02. The van der Waals surface area contributed by atoms with Crippen LogP contribution in [-0.2, 0) is 9.47 Å². The number of hydrogen-bond donors (Lipinski definition) is 0. The van der Waals surface area contributed by atoms with Crippen LogP contribution in [0.5, 0.6) is 0 Å². The van der Waals surface area contributed by atoms with Gasteiger partial charge in [-0.2, -0.15) is 0 Å². The van der Waals surface area contributed by atoms with Gasteiger partial charge in [0.2, 0.25) is 0 Å². The fourth-order valence-corrected chi connectivity index (χ4v) is 2.16. The summed E-state index contributed by atoms with van der Waals surface area (Å²) >= 11 is 0. The number of hydrogen-bond acceptors (Lipinski definition) is 2. The predicted molar refractivity (Wildman–Crippen MR) is 58.1 cm³/mol. The molecule has 0 spiro atoms. The quantitative estimate of drug-likeness (QED) is 0.682. The molecule has 2 nitrogen and oxygen atoms in total. The predicted octanol–water partition coefficient (Wildman–Crippen LogP) is 3.07. The number of rotatable bonds is 2. The standard InChI is InChI=1S/C12H24O2/c1-8(2)10-12(5,6)7-13-11(14-10)9(3)4/h8-11H,7H2,1-6H3. The summed E-state index contributed by atoms with van der Waals surface area (Å²) in [6, 6.07) is 0. The highest BCUT2D eigenvalue weighted by atomic mass is 16.7. The van der Waals surface area contributed by atoms with Crippen LogP contribution >= 0.6 is 0 Å². The maximum atomic E-state index is 6.00. The first kappa shape index (κ1) is 12.0. The van der Waals surface area contributed by atoms with E-state index >= 15 is 0 Å². The van der Waals surface area contributed by atoms with Crippen molar-refractivity contribution in [2.75, 3.05) is 6.61 Å². The Morgan fingerprint density at radius 2 is 1.64 bits per heavy atom. The summed E-state index contributed by atoms with van der Waals surface area (Å²) in [5, 5.41) is 0. The Balaban J connectivity index is 2.68. The second-order valence-electron chi connectivity index (χ2n) is 5.71. The van der Waals surface area contributed by atoms with Crippen LogP contribution in [0.4, 0.5) is 0 Å². The Morgan fingerprint density at radius 3 is 2.07 bits per heavy atom. The molecule has 0 radical (unpaired) electrons. The molecule has 0 amide bonds. The lowest BCUT2D eigenvalue weighted by atomic mass is 9.80. The molecule has 1 rings (SSSR count). The van der Waals surface area contributed by atoms with Crippen molar-refractivity contribution in [2.45, 2.75) is 53.9 Å². The summed E-state index contributed by atoms with van der Waals surface area (Å²) in [6.07, 6.45) is 0.291. The molecule has 2 unspecified atom stereocenters. The van der Waals surface area contributed by atoms with Gasteiger partial charge in [-0.15, -0.1) is 0 Å². The third kappa shape index (κ3) is 2.48.